The standard InChI is InChI=1S/C19H26N4O2S/c1-13(18(24)20-15-8-10-16(25-2)11-9-15)26-19-21-17(22-23-19)12-7-14-5-3-4-6-14/h8-11,13-14H,3-7,12H2,1-2H3,(H,20,24)(H,21,22,23). The summed E-state index contributed by atoms with van der Waals surface area (Å²) in [5, 5.41) is 10.5. The summed E-state index contributed by atoms with van der Waals surface area (Å²) in [4.78, 5) is 16.9. The summed E-state index contributed by atoms with van der Waals surface area (Å²) >= 11 is 1.37. The number of anilines is 1. The summed E-state index contributed by atoms with van der Waals surface area (Å²) in [5.41, 5.74) is 0.746. The van der Waals surface area contributed by atoms with Crippen LogP contribution in [0.15, 0.2) is 29.4 Å². The van der Waals surface area contributed by atoms with E-state index in [0.29, 0.717) is 5.16 Å². The third-order valence-corrected chi connectivity index (χ3v) is 5.75. The number of nitrogens with zero attached hydrogens (tertiary/aromatic N) is 2. The zero-order valence-corrected chi connectivity index (χ0v) is 16.1. The Morgan fingerprint density at radius 2 is 2.08 bits per heavy atom. The maximum absolute atomic E-state index is 12.3. The molecule has 0 radical (unpaired) electrons. The van der Waals surface area contributed by atoms with E-state index in [1.165, 1.54) is 43.9 Å². The van der Waals surface area contributed by atoms with E-state index in [-0.39, 0.29) is 11.2 Å². The summed E-state index contributed by atoms with van der Waals surface area (Å²) in [6.07, 6.45) is 7.53. The Balaban J connectivity index is 1.47. The van der Waals surface area contributed by atoms with Crippen molar-refractivity contribution in [3.63, 3.8) is 0 Å². The lowest BCUT2D eigenvalue weighted by Crippen LogP contribution is -2.22. The van der Waals surface area contributed by atoms with Crippen LogP contribution < -0.4 is 10.1 Å². The number of carbonyl (C=O) groups is 1. The summed E-state index contributed by atoms with van der Waals surface area (Å²) in [5.74, 6) is 2.45. The minimum Gasteiger partial charge on any atom is -0.497 e. The maximum atomic E-state index is 12.3. The fraction of sp³-hybridized carbons (Fsp3) is 0.526. The first kappa shape index (κ1) is 18.8. The van der Waals surface area contributed by atoms with Crippen molar-refractivity contribution in [1.29, 1.82) is 0 Å². The van der Waals surface area contributed by atoms with Gasteiger partial charge in [-0.1, -0.05) is 37.4 Å². The Labute approximate surface area is 158 Å². The summed E-state index contributed by atoms with van der Waals surface area (Å²) in [7, 11) is 1.62. The van der Waals surface area contributed by atoms with Crippen LogP contribution in [-0.4, -0.2) is 33.4 Å². The van der Waals surface area contributed by atoms with Crippen LogP contribution in [0.3, 0.4) is 0 Å². The number of hydrogen-bond acceptors (Lipinski definition) is 5. The average Bonchev–Trinajstić information content (AvgIpc) is 3.32. The molecule has 2 N–H and O–H groups in total. The van der Waals surface area contributed by atoms with Crippen LogP contribution in [-0.2, 0) is 11.2 Å². The lowest BCUT2D eigenvalue weighted by molar-refractivity contribution is -0.115. The fourth-order valence-corrected chi connectivity index (χ4v) is 3.96. The molecule has 1 amide bonds. The molecule has 1 unspecified atom stereocenters. The molecule has 1 aliphatic carbocycles. The van der Waals surface area contributed by atoms with Crippen molar-refractivity contribution in [1.82, 2.24) is 15.2 Å². The normalized spacial score (nSPS) is 15.8. The molecule has 0 spiro atoms. The van der Waals surface area contributed by atoms with Gasteiger partial charge in [0.2, 0.25) is 11.1 Å². The zero-order valence-electron chi connectivity index (χ0n) is 15.3. The van der Waals surface area contributed by atoms with Gasteiger partial charge in [-0.3, -0.25) is 9.89 Å². The maximum Gasteiger partial charge on any atom is 0.237 e. The van der Waals surface area contributed by atoms with Crippen molar-refractivity contribution < 1.29 is 9.53 Å². The zero-order chi connectivity index (χ0) is 18.4. The van der Waals surface area contributed by atoms with Gasteiger partial charge in [-0.25, -0.2) is 4.98 Å². The monoisotopic (exact) mass is 374 g/mol. The number of ether oxygens (including phenoxy) is 1. The molecule has 140 valence electrons. The van der Waals surface area contributed by atoms with Gasteiger partial charge in [0.25, 0.3) is 0 Å². The molecule has 1 aliphatic rings. The molecule has 1 atom stereocenters. The van der Waals surface area contributed by atoms with E-state index >= 15 is 0 Å². The lowest BCUT2D eigenvalue weighted by atomic mass is 10.0. The molecule has 1 saturated carbocycles. The number of rotatable bonds is 8. The largest absolute Gasteiger partial charge is 0.497 e. The summed E-state index contributed by atoms with van der Waals surface area (Å²) < 4.78 is 5.12. The van der Waals surface area contributed by atoms with Crippen LogP contribution in [0.1, 0.15) is 44.9 Å². The molecule has 2 aromatic rings. The van der Waals surface area contributed by atoms with Crippen LogP contribution in [0.25, 0.3) is 0 Å². The molecule has 0 aliphatic heterocycles. The van der Waals surface area contributed by atoms with Gasteiger partial charge < -0.3 is 10.1 Å². The van der Waals surface area contributed by atoms with Crippen LogP contribution >= 0.6 is 11.8 Å². The molecule has 1 aromatic heterocycles. The number of benzene rings is 1. The molecule has 0 saturated heterocycles. The predicted molar refractivity (Wildman–Crippen MR) is 104 cm³/mol. The Bertz CT molecular complexity index is 711. The number of hydrogen-bond donors (Lipinski definition) is 2. The highest BCUT2D eigenvalue weighted by molar-refractivity contribution is 8.00. The van der Waals surface area contributed by atoms with Crippen molar-refractivity contribution in [3.05, 3.63) is 30.1 Å². The second-order valence-electron chi connectivity index (χ2n) is 6.73. The van der Waals surface area contributed by atoms with Crippen molar-refractivity contribution in [2.45, 2.75) is 55.9 Å². The molecule has 6 nitrogen and oxygen atoms in total. The fourth-order valence-electron chi connectivity index (χ4n) is 3.21. The van der Waals surface area contributed by atoms with E-state index < -0.39 is 0 Å². The number of thioether (sulfide) groups is 1. The third-order valence-electron chi connectivity index (χ3n) is 4.78. The highest BCUT2D eigenvalue weighted by Crippen LogP contribution is 2.28. The van der Waals surface area contributed by atoms with Gasteiger partial charge in [-0.05, 0) is 43.5 Å². The minimum absolute atomic E-state index is 0.0718. The summed E-state index contributed by atoms with van der Waals surface area (Å²) in [6.45, 7) is 1.86. The Morgan fingerprint density at radius 3 is 2.77 bits per heavy atom. The van der Waals surface area contributed by atoms with Gasteiger partial charge >= 0.3 is 0 Å². The number of methoxy groups -OCH3 is 1. The van der Waals surface area contributed by atoms with Crippen LogP contribution in [0, 0.1) is 5.92 Å². The van der Waals surface area contributed by atoms with E-state index in [1.54, 1.807) is 7.11 Å². The molecule has 1 fully saturated rings. The van der Waals surface area contributed by atoms with Gasteiger partial charge in [0.1, 0.15) is 11.6 Å². The van der Waals surface area contributed by atoms with E-state index in [0.717, 1.165) is 29.6 Å². The second kappa shape index (κ2) is 9.07. The molecule has 1 heterocycles. The topological polar surface area (TPSA) is 79.9 Å². The Kier molecular flexibility index (Phi) is 6.55. The number of carbonyl (C=O) groups excluding carboxylic acids is 1. The number of aromatic nitrogens is 3. The van der Waals surface area contributed by atoms with E-state index in [4.69, 9.17) is 4.74 Å². The number of amides is 1. The quantitative estimate of drug-likeness (QED) is 0.681. The number of aryl methyl sites for hydroxylation is 1. The second-order valence-corrected chi connectivity index (χ2v) is 8.04. The molecular formula is C19H26N4O2S. The minimum atomic E-state index is -0.282. The molecule has 3 rings (SSSR count). The third kappa shape index (κ3) is 5.24. The van der Waals surface area contributed by atoms with Crippen molar-refractivity contribution in [3.8, 4) is 5.75 Å². The number of H-pyrrole nitrogens is 1. The molecule has 1 aromatic carbocycles. The predicted octanol–water partition coefficient (Wildman–Crippen LogP) is 4.06. The molecule has 0 bridgehead atoms. The van der Waals surface area contributed by atoms with E-state index in [2.05, 4.69) is 20.5 Å². The lowest BCUT2D eigenvalue weighted by Gasteiger charge is -2.10. The molecule has 26 heavy (non-hydrogen) atoms. The molecule has 7 heteroatoms. The van der Waals surface area contributed by atoms with Gasteiger partial charge in [0.15, 0.2) is 0 Å². The highest BCUT2D eigenvalue weighted by atomic mass is 32.2. The van der Waals surface area contributed by atoms with Crippen molar-refractivity contribution in [2.75, 3.05) is 12.4 Å². The number of aromatic amines is 1. The summed E-state index contributed by atoms with van der Waals surface area (Å²) in [6, 6.07) is 7.28. The first-order valence-corrected chi connectivity index (χ1v) is 10.0. The van der Waals surface area contributed by atoms with Crippen LogP contribution in [0.4, 0.5) is 5.69 Å². The van der Waals surface area contributed by atoms with Crippen molar-refractivity contribution >= 4 is 23.4 Å². The first-order valence-electron chi connectivity index (χ1n) is 9.17. The number of nitrogens with one attached hydrogen (secondary N) is 2. The first-order chi connectivity index (χ1) is 12.6. The van der Waals surface area contributed by atoms with Gasteiger partial charge in [0, 0.05) is 12.1 Å². The Morgan fingerprint density at radius 1 is 1.35 bits per heavy atom. The Hall–Kier alpha value is -2.02. The van der Waals surface area contributed by atoms with Gasteiger partial charge in [-0.15, -0.1) is 5.10 Å². The van der Waals surface area contributed by atoms with E-state index in [9.17, 15) is 4.79 Å². The van der Waals surface area contributed by atoms with E-state index in [1.807, 2.05) is 31.2 Å². The molecular weight excluding hydrogens is 348 g/mol. The van der Waals surface area contributed by atoms with Crippen molar-refractivity contribution in [2.24, 2.45) is 5.92 Å². The van der Waals surface area contributed by atoms with Crippen LogP contribution in [0.5, 0.6) is 5.75 Å². The average molecular weight is 375 g/mol. The van der Waals surface area contributed by atoms with Gasteiger partial charge in [-0.2, -0.15) is 0 Å². The SMILES string of the molecule is COc1ccc(NC(=O)C(C)Sc2n[nH]c(CCC3CCCC3)n2)cc1. The smallest absolute Gasteiger partial charge is 0.237 e. The van der Waals surface area contributed by atoms with Crippen LogP contribution in [0.2, 0.25) is 0 Å². The highest BCUT2D eigenvalue weighted by Gasteiger charge is 2.19. The van der Waals surface area contributed by atoms with Gasteiger partial charge in [0.05, 0.1) is 12.4 Å².